The average Bonchev–Trinajstić information content (AvgIpc) is 2.77. The van der Waals surface area contributed by atoms with Crippen LogP contribution in [-0.4, -0.2) is 0 Å². The molecule has 4 aliphatic rings. The molecule has 4 saturated carbocycles. The Morgan fingerprint density at radius 2 is 1.36 bits per heavy atom. The Balaban J connectivity index is 1.94. The van der Waals surface area contributed by atoms with Crippen LogP contribution in [0.3, 0.4) is 0 Å². The summed E-state index contributed by atoms with van der Waals surface area (Å²) in [5.41, 5.74) is 1.30. The Hall–Kier alpha value is 0. The van der Waals surface area contributed by atoms with E-state index in [1.807, 2.05) is 0 Å². The first-order valence-corrected chi connectivity index (χ1v) is 16.6. The van der Waals surface area contributed by atoms with E-state index in [-0.39, 0.29) is 0 Å². The van der Waals surface area contributed by atoms with Crippen LogP contribution in [0.15, 0.2) is 0 Å². The van der Waals surface area contributed by atoms with E-state index in [1.54, 1.807) is 0 Å². The fraction of sp³-hybridized carbons (Fsp3) is 1.00. The van der Waals surface area contributed by atoms with Crippen LogP contribution in [-0.2, 0) is 0 Å². The van der Waals surface area contributed by atoms with Gasteiger partial charge in [0, 0.05) is 0 Å². The second-order valence-electron chi connectivity index (χ2n) is 17.0. The maximum atomic E-state index is 2.86. The molecule has 0 aromatic rings. The molecule has 0 aromatic carbocycles. The highest BCUT2D eigenvalue weighted by atomic mass is 14.8. The highest BCUT2D eigenvalue weighted by Crippen LogP contribution is 2.78. The summed E-state index contributed by atoms with van der Waals surface area (Å²) in [6.45, 7) is 37.4. The van der Waals surface area contributed by atoms with Gasteiger partial charge in [-0.1, -0.05) is 110 Å². The zero-order chi connectivity index (χ0) is 27.1. The van der Waals surface area contributed by atoms with Gasteiger partial charge in [0.15, 0.2) is 0 Å². The molecular formula is C36H66. The first kappa shape index (κ1) is 29.0. The molecule has 36 heavy (non-hydrogen) atoms. The summed E-state index contributed by atoms with van der Waals surface area (Å²) >= 11 is 0. The fourth-order valence-electron chi connectivity index (χ4n) is 13.4. The first-order chi connectivity index (χ1) is 16.6. The van der Waals surface area contributed by atoms with Gasteiger partial charge in [0.2, 0.25) is 0 Å². The van der Waals surface area contributed by atoms with Crippen molar-refractivity contribution >= 4 is 0 Å². The van der Waals surface area contributed by atoms with Crippen molar-refractivity contribution in [1.29, 1.82) is 0 Å². The third kappa shape index (κ3) is 3.70. The SMILES string of the molecule is CC(C)C(C)C[C@H]1C2(C)C(C(C)C3C(C)CCCC3[C@@H]2C)C(C)C2(C)C(C)C(C(C)C)C(C)CC12C. The normalized spacial score (nSPS) is 56.2. The van der Waals surface area contributed by atoms with Crippen LogP contribution in [0.2, 0.25) is 0 Å². The number of fused-ring (bicyclic) bond motifs is 3. The van der Waals surface area contributed by atoms with Crippen LogP contribution in [0.5, 0.6) is 0 Å². The third-order valence-corrected chi connectivity index (χ3v) is 15.5. The second-order valence-corrected chi connectivity index (χ2v) is 17.0. The maximum Gasteiger partial charge on any atom is -0.0212 e. The summed E-state index contributed by atoms with van der Waals surface area (Å²) in [6, 6.07) is 0. The van der Waals surface area contributed by atoms with Crippen molar-refractivity contribution in [3.8, 4) is 0 Å². The van der Waals surface area contributed by atoms with Gasteiger partial charge in [-0.3, -0.25) is 0 Å². The Kier molecular flexibility index (Phi) is 7.71. The van der Waals surface area contributed by atoms with Gasteiger partial charge in [-0.2, -0.15) is 0 Å². The van der Waals surface area contributed by atoms with Crippen LogP contribution in [0, 0.1) is 99.1 Å². The van der Waals surface area contributed by atoms with Gasteiger partial charge in [0.05, 0.1) is 0 Å². The van der Waals surface area contributed by atoms with Gasteiger partial charge < -0.3 is 0 Å². The molecular weight excluding hydrogens is 432 g/mol. The minimum Gasteiger partial charge on any atom is -0.0625 e. The lowest BCUT2D eigenvalue weighted by molar-refractivity contribution is -0.297. The quantitative estimate of drug-likeness (QED) is 0.361. The Labute approximate surface area is 227 Å². The van der Waals surface area contributed by atoms with Crippen LogP contribution in [0.25, 0.3) is 0 Å². The predicted molar refractivity (Wildman–Crippen MR) is 159 cm³/mol. The van der Waals surface area contributed by atoms with E-state index in [9.17, 15) is 0 Å². The molecule has 0 heteroatoms. The van der Waals surface area contributed by atoms with Crippen molar-refractivity contribution in [2.45, 2.75) is 129 Å². The Bertz CT molecular complexity index is 779. The highest BCUT2D eigenvalue weighted by Gasteiger charge is 2.73. The van der Waals surface area contributed by atoms with Crippen molar-refractivity contribution < 1.29 is 0 Å². The van der Waals surface area contributed by atoms with E-state index in [2.05, 4.69) is 96.9 Å². The van der Waals surface area contributed by atoms with Gasteiger partial charge in [0.1, 0.15) is 0 Å². The molecule has 0 radical (unpaired) electrons. The zero-order valence-corrected chi connectivity index (χ0v) is 27.1. The van der Waals surface area contributed by atoms with Crippen LogP contribution in [0.4, 0.5) is 0 Å². The van der Waals surface area contributed by atoms with Gasteiger partial charge in [-0.05, 0) is 118 Å². The lowest BCUT2D eigenvalue weighted by atomic mass is 9.27. The fourth-order valence-corrected chi connectivity index (χ4v) is 13.4. The summed E-state index contributed by atoms with van der Waals surface area (Å²) in [5, 5.41) is 0. The summed E-state index contributed by atoms with van der Waals surface area (Å²) in [6.07, 6.45) is 7.34. The van der Waals surface area contributed by atoms with E-state index >= 15 is 0 Å². The molecule has 4 rings (SSSR count). The molecule has 0 amide bonds. The summed E-state index contributed by atoms with van der Waals surface area (Å²) in [5.74, 6) is 11.9. The zero-order valence-electron chi connectivity index (χ0n) is 27.1. The van der Waals surface area contributed by atoms with Gasteiger partial charge in [-0.25, -0.2) is 0 Å². The first-order valence-electron chi connectivity index (χ1n) is 16.6. The summed E-state index contributed by atoms with van der Waals surface area (Å²) < 4.78 is 0. The van der Waals surface area contributed by atoms with Crippen molar-refractivity contribution in [3.05, 3.63) is 0 Å². The van der Waals surface area contributed by atoms with E-state index < -0.39 is 0 Å². The molecule has 0 aromatic heterocycles. The van der Waals surface area contributed by atoms with Gasteiger partial charge in [-0.15, -0.1) is 0 Å². The average molecular weight is 499 g/mol. The van der Waals surface area contributed by atoms with Crippen molar-refractivity contribution in [3.63, 3.8) is 0 Å². The highest BCUT2D eigenvalue weighted by molar-refractivity contribution is 5.20. The smallest absolute Gasteiger partial charge is 0.0212 e. The molecule has 0 heterocycles. The molecule has 4 aliphatic carbocycles. The number of rotatable bonds is 4. The molecule has 0 nitrogen and oxygen atoms in total. The lowest BCUT2D eigenvalue weighted by Gasteiger charge is -2.77. The second kappa shape index (κ2) is 9.58. The number of hydrogen-bond acceptors (Lipinski definition) is 0. The molecule has 4 fully saturated rings. The maximum absolute atomic E-state index is 2.86. The largest absolute Gasteiger partial charge is 0.0625 e. The molecule has 13 unspecified atom stereocenters. The monoisotopic (exact) mass is 499 g/mol. The predicted octanol–water partition coefficient (Wildman–Crippen LogP) is 10.9. The Morgan fingerprint density at radius 1 is 0.750 bits per heavy atom. The van der Waals surface area contributed by atoms with Crippen molar-refractivity contribution in [2.24, 2.45) is 99.1 Å². The van der Waals surface area contributed by atoms with Gasteiger partial charge >= 0.3 is 0 Å². The van der Waals surface area contributed by atoms with Crippen molar-refractivity contribution in [1.82, 2.24) is 0 Å². The van der Waals surface area contributed by atoms with Crippen molar-refractivity contribution in [2.75, 3.05) is 0 Å². The topological polar surface area (TPSA) is 0 Å². The third-order valence-electron chi connectivity index (χ3n) is 15.5. The minimum absolute atomic E-state index is 0.415. The molecule has 210 valence electrons. The van der Waals surface area contributed by atoms with E-state index in [0.717, 1.165) is 82.9 Å². The van der Waals surface area contributed by atoms with E-state index in [4.69, 9.17) is 0 Å². The van der Waals surface area contributed by atoms with Crippen LogP contribution in [0.1, 0.15) is 129 Å². The van der Waals surface area contributed by atoms with E-state index in [0.29, 0.717) is 16.2 Å². The standard InChI is InChI=1S/C36H66/c1-20(2)23(6)18-30-34(12)19-24(7)31(21(3)4)27(10)36(34,14)28(11)33-25(8)32-22(5)16-15-17-29(32)26(9)35(30,33)13/h20-33H,15-19H2,1-14H3/t22?,23?,24?,25?,26-,27?,28?,29?,30+,31?,32?,33?,34?,35?,36?/m0/s1. The van der Waals surface area contributed by atoms with Crippen LogP contribution >= 0.6 is 0 Å². The summed E-state index contributed by atoms with van der Waals surface area (Å²) in [7, 11) is 0. The molecule has 0 saturated heterocycles. The molecule has 0 N–H and O–H groups in total. The molecule has 0 bridgehead atoms. The van der Waals surface area contributed by atoms with Crippen LogP contribution < -0.4 is 0 Å². The molecule has 0 spiro atoms. The molecule has 0 aliphatic heterocycles. The number of hydrogen-bond donors (Lipinski definition) is 0. The van der Waals surface area contributed by atoms with E-state index in [1.165, 1.54) is 32.1 Å². The molecule has 15 atom stereocenters. The lowest BCUT2D eigenvalue weighted by Crippen LogP contribution is -2.72. The minimum atomic E-state index is 0.415. The van der Waals surface area contributed by atoms with Gasteiger partial charge in [0.25, 0.3) is 0 Å². The summed E-state index contributed by atoms with van der Waals surface area (Å²) in [4.78, 5) is 0. The Morgan fingerprint density at radius 3 is 1.92 bits per heavy atom.